The van der Waals surface area contributed by atoms with E-state index in [-0.39, 0.29) is 16.5 Å². The highest BCUT2D eigenvalue weighted by atomic mass is 79.9. The van der Waals surface area contributed by atoms with Gasteiger partial charge >= 0.3 is 5.97 Å². The lowest BCUT2D eigenvalue weighted by Gasteiger charge is -2.14. The largest absolute Gasteiger partial charge is 0.451 e. The minimum absolute atomic E-state index is 0.0730. The van der Waals surface area contributed by atoms with Gasteiger partial charge in [-0.3, -0.25) is 24.3 Å². The average molecular weight is 464 g/mol. The number of halogens is 2. The molecule has 1 unspecified atom stereocenters. The van der Waals surface area contributed by atoms with Gasteiger partial charge in [0.25, 0.3) is 17.0 Å². The van der Waals surface area contributed by atoms with Gasteiger partial charge in [0, 0.05) is 4.47 Å². The number of nitrogens with one attached hydrogen (secondary N) is 2. The molecule has 0 aliphatic heterocycles. The zero-order valence-electron chi connectivity index (χ0n) is 15.1. The van der Waals surface area contributed by atoms with E-state index in [2.05, 4.69) is 26.3 Å². The van der Waals surface area contributed by atoms with Crippen LogP contribution in [0.5, 0.6) is 0 Å². The van der Waals surface area contributed by atoms with Crippen LogP contribution in [0, 0.1) is 5.82 Å². The van der Waals surface area contributed by atoms with Crippen molar-refractivity contribution >= 4 is 44.3 Å². The summed E-state index contributed by atoms with van der Waals surface area (Å²) in [7, 11) is 0. The quantitative estimate of drug-likeness (QED) is 0.563. The molecule has 1 atom stereocenters. The Kier molecular flexibility index (Phi) is 5.92. The zero-order chi connectivity index (χ0) is 21.1. The van der Waals surface area contributed by atoms with Gasteiger partial charge in [0.1, 0.15) is 12.4 Å². The van der Waals surface area contributed by atoms with Gasteiger partial charge in [0.2, 0.25) is 0 Å². The molecule has 0 saturated heterocycles. The first kappa shape index (κ1) is 20.5. The standard InChI is InChI=1S/C19H15BrFN3O5/c1-10(17(26)22-15-7-6-11(20)8-14(15)21)29-16(25)9-24-19(28)13-5-3-2-4-12(13)18(27)23-24/h2-8,10H,9H2,1H3,(H,22,26)(H,23,27). The first-order chi connectivity index (χ1) is 13.8. The molecule has 10 heteroatoms. The number of H-pyrrole nitrogens is 1. The van der Waals surface area contributed by atoms with E-state index in [0.717, 1.165) is 4.68 Å². The maximum atomic E-state index is 13.8. The Morgan fingerprint density at radius 1 is 1.21 bits per heavy atom. The monoisotopic (exact) mass is 463 g/mol. The number of carbonyl (C=O) groups excluding carboxylic acids is 2. The van der Waals surface area contributed by atoms with Crippen molar-refractivity contribution in [1.82, 2.24) is 9.78 Å². The van der Waals surface area contributed by atoms with Crippen LogP contribution in [-0.2, 0) is 20.9 Å². The summed E-state index contributed by atoms with van der Waals surface area (Å²) < 4.78 is 20.1. The minimum Gasteiger partial charge on any atom is -0.451 e. The van der Waals surface area contributed by atoms with E-state index in [1.165, 1.54) is 37.3 Å². The highest BCUT2D eigenvalue weighted by molar-refractivity contribution is 9.10. The van der Waals surface area contributed by atoms with Crippen LogP contribution in [0.4, 0.5) is 10.1 Å². The Balaban J connectivity index is 1.69. The van der Waals surface area contributed by atoms with E-state index >= 15 is 0 Å². The van der Waals surface area contributed by atoms with Crippen molar-refractivity contribution in [3.8, 4) is 0 Å². The number of fused-ring (bicyclic) bond motifs is 1. The molecule has 2 aromatic carbocycles. The number of carbonyl (C=O) groups is 2. The number of ether oxygens (including phenoxy) is 1. The van der Waals surface area contributed by atoms with Crippen LogP contribution in [0.15, 0.2) is 56.5 Å². The van der Waals surface area contributed by atoms with Gasteiger partial charge < -0.3 is 10.1 Å². The highest BCUT2D eigenvalue weighted by Crippen LogP contribution is 2.19. The Labute approximate surface area is 171 Å². The first-order valence-corrected chi connectivity index (χ1v) is 9.23. The van der Waals surface area contributed by atoms with Gasteiger partial charge in [-0.15, -0.1) is 0 Å². The second-order valence-corrected chi connectivity index (χ2v) is 7.04. The zero-order valence-corrected chi connectivity index (χ0v) is 16.7. The molecule has 150 valence electrons. The fourth-order valence-corrected chi connectivity index (χ4v) is 2.93. The molecule has 3 aromatic rings. The van der Waals surface area contributed by atoms with E-state index in [0.29, 0.717) is 4.47 Å². The molecule has 0 aliphatic carbocycles. The SMILES string of the molecule is CC(OC(=O)Cn1[nH]c(=O)c2ccccc2c1=O)C(=O)Nc1ccc(Br)cc1F. The first-order valence-electron chi connectivity index (χ1n) is 8.43. The molecule has 3 rings (SSSR count). The molecule has 0 fully saturated rings. The summed E-state index contributed by atoms with van der Waals surface area (Å²) >= 11 is 3.11. The molecule has 0 saturated carbocycles. The summed E-state index contributed by atoms with van der Waals surface area (Å²) in [6.07, 6.45) is -1.26. The summed E-state index contributed by atoms with van der Waals surface area (Å²) in [4.78, 5) is 48.7. The van der Waals surface area contributed by atoms with Gasteiger partial charge in [-0.05, 0) is 37.3 Å². The predicted octanol–water partition coefficient (Wildman–Crippen LogP) is 2.16. The van der Waals surface area contributed by atoms with Crippen LogP contribution < -0.4 is 16.4 Å². The van der Waals surface area contributed by atoms with Crippen LogP contribution in [0.1, 0.15) is 6.92 Å². The van der Waals surface area contributed by atoms with E-state index in [9.17, 15) is 23.6 Å². The molecule has 0 radical (unpaired) electrons. The second-order valence-electron chi connectivity index (χ2n) is 6.12. The molecule has 29 heavy (non-hydrogen) atoms. The lowest BCUT2D eigenvalue weighted by molar-refractivity contribution is -0.154. The molecule has 0 bridgehead atoms. The lowest BCUT2D eigenvalue weighted by Crippen LogP contribution is -2.36. The summed E-state index contributed by atoms with van der Waals surface area (Å²) in [5, 5.41) is 4.96. The number of aromatic amines is 1. The van der Waals surface area contributed by atoms with Crippen molar-refractivity contribution < 1.29 is 18.7 Å². The van der Waals surface area contributed by atoms with E-state index in [1.54, 1.807) is 12.1 Å². The molecule has 1 heterocycles. The topological polar surface area (TPSA) is 110 Å². The Bertz CT molecular complexity index is 1220. The minimum atomic E-state index is -1.26. The summed E-state index contributed by atoms with van der Waals surface area (Å²) in [5.41, 5.74) is -1.19. The molecule has 1 amide bonds. The molecule has 0 aliphatic rings. The van der Waals surface area contributed by atoms with Gasteiger partial charge in [-0.25, -0.2) is 9.07 Å². The number of esters is 1. The van der Waals surface area contributed by atoms with Crippen LogP contribution in [0.3, 0.4) is 0 Å². The van der Waals surface area contributed by atoms with E-state index in [4.69, 9.17) is 4.74 Å². The van der Waals surface area contributed by atoms with Crippen molar-refractivity contribution in [3.05, 3.63) is 73.5 Å². The fraction of sp³-hybridized carbons (Fsp3) is 0.158. The van der Waals surface area contributed by atoms with Gasteiger partial charge in [-0.2, -0.15) is 0 Å². The van der Waals surface area contributed by atoms with Crippen molar-refractivity contribution in [3.63, 3.8) is 0 Å². The van der Waals surface area contributed by atoms with Crippen molar-refractivity contribution in [1.29, 1.82) is 0 Å². The molecular weight excluding hydrogens is 449 g/mol. The number of aromatic nitrogens is 2. The summed E-state index contributed by atoms with van der Waals surface area (Å²) in [5.74, 6) is -2.33. The van der Waals surface area contributed by atoms with Crippen molar-refractivity contribution in [2.24, 2.45) is 0 Å². The molecule has 2 N–H and O–H groups in total. The maximum absolute atomic E-state index is 13.8. The predicted molar refractivity (Wildman–Crippen MR) is 107 cm³/mol. The normalized spacial score (nSPS) is 11.8. The van der Waals surface area contributed by atoms with Crippen molar-refractivity contribution in [2.45, 2.75) is 19.6 Å². The Morgan fingerprint density at radius 2 is 1.90 bits per heavy atom. The molecular formula is C19H15BrFN3O5. The maximum Gasteiger partial charge on any atom is 0.328 e. The third-order valence-electron chi connectivity index (χ3n) is 4.04. The van der Waals surface area contributed by atoms with Crippen LogP contribution in [0.25, 0.3) is 10.8 Å². The highest BCUT2D eigenvalue weighted by Gasteiger charge is 2.20. The van der Waals surface area contributed by atoms with Crippen LogP contribution in [-0.4, -0.2) is 27.8 Å². The van der Waals surface area contributed by atoms with Crippen LogP contribution >= 0.6 is 15.9 Å². The number of hydrogen-bond donors (Lipinski definition) is 2. The smallest absolute Gasteiger partial charge is 0.328 e. The van der Waals surface area contributed by atoms with E-state index < -0.39 is 41.5 Å². The third-order valence-corrected chi connectivity index (χ3v) is 4.53. The molecule has 0 spiro atoms. The number of benzene rings is 2. The van der Waals surface area contributed by atoms with Gasteiger partial charge in [0.15, 0.2) is 6.10 Å². The number of rotatable bonds is 5. The van der Waals surface area contributed by atoms with Gasteiger partial charge in [-0.1, -0.05) is 28.1 Å². The second kappa shape index (κ2) is 8.39. The molecule has 1 aromatic heterocycles. The Hall–Kier alpha value is -3.27. The Morgan fingerprint density at radius 3 is 2.59 bits per heavy atom. The average Bonchev–Trinajstić information content (AvgIpc) is 2.68. The van der Waals surface area contributed by atoms with Crippen LogP contribution in [0.2, 0.25) is 0 Å². The lowest BCUT2D eigenvalue weighted by atomic mass is 10.2. The molecule has 8 nitrogen and oxygen atoms in total. The fourth-order valence-electron chi connectivity index (χ4n) is 2.60. The third kappa shape index (κ3) is 4.60. The number of anilines is 1. The number of amides is 1. The summed E-state index contributed by atoms with van der Waals surface area (Å²) in [6.45, 7) is 0.707. The van der Waals surface area contributed by atoms with E-state index in [1.807, 2.05) is 0 Å². The van der Waals surface area contributed by atoms with Crippen molar-refractivity contribution in [2.75, 3.05) is 5.32 Å². The number of hydrogen-bond acceptors (Lipinski definition) is 5. The summed E-state index contributed by atoms with van der Waals surface area (Å²) in [6, 6.07) is 10.2. The van der Waals surface area contributed by atoms with Gasteiger partial charge in [0.05, 0.1) is 16.5 Å². The number of nitrogens with zero attached hydrogens (tertiary/aromatic N) is 1.